The van der Waals surface area contributed by atoms with Gasteiger partial charge in [0.25, 0.3) is 0 Å². The number of esters is 1. The Kier molecular flexibility index (Phi) is 12.3. The zero-order chi connectivity index (χ0) is 40.2. The van der Waals surface area contributed by atoms with Gasteiger partial charge >= 0.3 is 12.1 Å². The molecular formula is C46H58N4O6. The van der Waals surface area contributed by atoms with E-state index in [1.807, 2.05) is 24.3 Å². The molecule has 2 heterocycles. The Bertz CT molecular complexity index is 1970. The zero-order valence-electron chi connectivity index (χ0n) is 34.5. The van der Waals surface area contributed by atoms with Crippen LogP contribution in [-0.4, -0.2) is 63.4 Å². The number of fused-ring (bicyclic) bond motifs is 3. The number of rotatable bonds is 12. The quantitative estimate of drug-likeness (QED) is 0.0809. The monoisotopic (exact) mass is 762 g/mol. The van der Waals surface area contributed by atoms with Crippen LogP contribution >= 0.6 is 0 Å². The molecule has 0 bridgehead atoms. The van der Waals surface area contributed by atoms with Crippen LogP contribution in [0.2, 0.25) is 0 Å². The highest BCUT2D eigenvalue weighted by Crippen LogP contribution is 2.48. The molecule has 3 aromatic rings. The molecule has 1 unspecified atom stereocenters. The van der Waals surface area contributed by atoms with Crippen molar-refractivity contribution in [1.82, 2.24) is 15.5 Å². The maximum Gasteiger partial charge on any atom is 0.513 e. The molecule has 3 aromatic carbocycles. The third-order valence-corrected chi connectivity index (χ3v) is 10.9. The molecule has 1 atom stereocenters. The molecule has 0 saturated heterocycles. The lowest BCUT2D eigenvalue weighted by atomic mass is 9.83. The molecule has 2 N–H and O–H groups in total. The molecule has 0 aromatic heterocycles. The average molecular weight is 763 g/mol. The largest absolute Gasteiger partial charge is 0.513 e. The normalized spacial score (nSPS) is 16.3. The van der Waals surface area contributed by atoms with Crippen LogP contribution in [0.4, 0.5) is 4.79 Å². The molecule has 0 spiro atoms. The fourth-order valence-corrected chi connectivity index (χ4v) is 7.74. The van der Waals surface area contributed by atoms with Gasteiger partial charge in [0.2, 0.25) is 0 Å². The van der Waals surface area contributed by atoms with Gasteiger partial charge in [-0.05, 0) is 63.6 Å². The number of hydrogen-bond acceptors (Lipinski definition) is 10. The fourth-order valence-electron chi connectivity index (χ4n) is 7.74. The van der Waals surface area contributed by atoms with E-state index in [4.69, 9.17) is 18.9 Å². The van der Waals surface area contributed by atoms with E-state index in [1.165, 1.54) is 11.1 Å². The molecule has 0 amide bonds. The predicted octanol–water partition coefficient (Wildman–Crippen LogP) is 9.01. The molecular weight excluding hydrogens is 705 g/mol. The third kappa shape index (κ3) is 8.65. The number of unbranched alkanes of at least 4 members (excludes halogenated alkanes) is 2. The van der Waals surface area contributed by atoms with E-state index in [1.54, 1.807) is 20.4 Å². The number of hydrogen-bond donors (Lipinski definition) is 2. The molecule has 3 aliphatic rings. The lowest BCUT2D eigenvalue weighted by Gasteiger charge is -2.41. The third-order valence-electron chi connectivity index (χ3n) is 10.9. The maximum atomic E-state index is 14.4. The molecule has 10 nitrogen and oxygen atoms in total. The molecule has 10 heteroatoms. The summed E-state index contributed by atoms with van der Waals surface area (Å²) >= 11 is 0. The summed E-state index contributed by atoms with van der Waals surface area (Å²) in [5, 5.41) is 6.70. The molecule has 6 rings (SSSR count). The van der Waals surface area contributed by atoms with Crippen molar-refractivity contribution in [2.45, 2.75) is 97.4 Å². The molecule has 1 aliphatic carbocycles. The van der Waals surface area contributed by atoms with Crippen LogP contribution in [0.15, 0.2) is 88.4 Å². The van der Waals surface area contributed by atoms with Crippen molar-refractivity contribution in [3.8, 4) is 16.9 Å². The first-order valence-corrected chi connectivity index (χ1v) is 19.8. The van der Waals surface area contributed by atoms with Crippen LogP contribution in [-0.2, 0) is 29.8 Å². The Morgan fingerprint density at radius 3 is 2.20 bits per heavy atom. The molecule has 298 valence electrons. The molecule has 0 fully saturated rings. The summed E-state index contributed by atoms with van der Waals surface area (Å²) in [7, 11) is 1.60. The van der Waals surface area contributed by atoms with Gasteiger partial charge in [-0.25, -0.2) is 9.59 Å². The lowest BCUT2D eigenvalue weighted by Crippen LogP contribution is -2.48. The molecule has 2 aliphatic heterocycles. The minimum absolute atomic E-state index is 0.0626. The molecule has 0 radical (unpaired) electrons. The van der Waals surface area contributed by atoms with Crippen LogP contribution in [0.3, 0.4) is 0 Å². The maximum absolute atomic E-state index is 14.4. The Labute approximate surface area is 332 Å². The second kappa shape index (κ2) is 17.0. The summed E-state index contributed by atoms with van der Waals surface area (Å²) < 4.78 is 23.8. The SMILES string of the molecule is CCCCCOC(=O)C(=C(C)OC(=O)OCC1c2cc(C(C)(C)C)ccc2-c2ccc(C(C)(C)C)cc21)C(c1ccccc1OC)N1CNCC2=C1CN=CN2. The van der Waals surface area contributed by atoms with Gasteiger partial charge in [0.05, 0.1) is 50.7 Å². The molecule has 56 heavy (non-hydrogen) atoms. The van der Waals surface area contributed by atoms with Crippen molar-refractivity contribution in [2.75, 3.05) is 40.1 Å². The van der Waals surface area contributed by atoms with Crippen LogP contribution < -0.4 is 15.4 Å². The van der Waals surface area contributed by atoms with Crippen LogP contribution in [0, 0.1) is 0 Å². The van der Waals surface area contributed by atoms with Gasteiger partial charge in [0.15, 0.2) is 0 Å². The predicted molar refractivity (Wildman–Crippen MR) is 221 cm³/mol. The number of benzene rings is 3. The van der Waals surface area contributed by atoms with Crippen LogP contribution in [0.25, 0.3) is 11.1 Å². The summed E-state index contributed by atoms with van der Waals surface area (Å²) in [4.78, 5) is 34.8. The second-order valence-corrected chi connectivity index (χ2v) is 16.9. The summed E-state index contributed by atoms with van der Waals surface area (Å²) in [5.41, 5.74) is 9.56. The zero-order valence-corrected chi connectivity index (χ0v) is 34.5. The first kappa shape index (κ1) is 40.6. The number of nitrogens with one attached hydrogen (secondary N) is 2. The first-order chi connectivity index (χ1) is 26.7. The number of aliphatic imine (C=N–C) groups is 1. The van der Waals surface area contributed by atoms with Gasteiger partial charge in [-0.3, -0.25) is 10.3 Å². The van der Waals surface area contributed by atoms with Gasteiger partial charge in [-0.2, -0.15) is 0 Å². The summed E-state index contributed by atoms with van der Waals surface area (Å²) in [5.74, 6) is -0.115. The van der Waals surface area contributed by atoms with E-state index in [0.29, 0.717) is 37.5 Å². The van der Waals surface area contributed by atoms with Crippen LogP contribution in [0.1, 0.15) is 114 Å². The minimum Gasteiger partial charge on any atom is -0.496 e. The number of carbonyl (C=O) groups excluding carboxylic acids is 2. The second-order valence-electron chi connectivity index (χ2n) is 16.9. The van der Waals surface area contributed by atoms with Crippen molar-refractivity contribution in [3.05, 3.63) is 111 Å². The topological polar surface area (TPSA) is 111 Å². The van der Waals surface area contributed by atoms with E-state index in [9.17, 15) is 9.59 Å². The van der Waals surface area contributed by atoms with Crippen molar-refractivity contribution < 1.29 is 28.5 Å². The summed E-state index contributed by atoms with van der Waals surface area (Å²) in [6.07, 6.45) is 3.40. The highest BCUT2D eigenvalue weighted by molar-refractivity contribution is 5.91. The number of allylic oxidation sites excluding steroid dienone is 1. The van der Waals surface area contributed by atoms with Gasteiger partial charge in [0.1, 0.15) is 23.7 Å². The van der Waals surface area contributed by atoms with Gasteiger partial charge in [-0.15, -0.1) is 0 Å². The standard InChI is InChI=1S/C46H58N4O6/c1-10-11-14-21-54-43(51)41(42(34-15-12-13-16-40(34)53-9)50-28-48-24-38-39(50)25-47-27-49-38)29(2)56-44(52)55-26-37-35-22-30(45(3,4)5)17-19-32(35)33-20-18-31(23-36(33)37)46(6,7)8/h12-13,15-20,22-23,27,37,42,48H,10-11,14,21,24-26,28H2,1-9H3,(H,47,49). The number of methoxy groups -OCH3 is 1. The Balaban J connectivity index is 1.37. The van der Waals surface area contributed by atoms with Gasteiger partial charge < -0.3 is 29.2 Å². The van der Waals surface area contributed by atoms with E-state index < -0.39 is 18.2 Å². The van der Waals surface area contributed by atoms with Crippen molar-refractivity contribution >= 4 is 18.5 Å². The fraction of sp³-hybridized carbons (Fsp3) is 0.457. The first-order valence-electron chi connectivity index (χ1n) is 19.8. The highest BCUT2D eigenvalue weighted by Gasteiger charge is 2.39. The van der Waals surface area contributed by atoms with E-state index in [-0.39, 0.29) is 41.3 Å². The van der Waals surface area contributed by atoms with Crippen LogP contribution in [0.5, 0.6) is 5.75 Å². The number of nitrogens with zero attached hydrogens (tertiary/aromatic N) is 2. The average Bonchev–Trinajstić information content (AvgIpc) is 3.49. The Morgan fingerprint density at radius 2 is 1.57 bits per heavy atom. The Morgan fingerprint density at radius 1 is 0.911 bits per heavy atom. The number of ether oxygens (including phenoxy) is 4. The highest BCUT2D eigenvalue weighted by atomic mass is 16.7. The van der Waals surface area contributed by atoms with Gasteiger partial charge in [0, 0.05) is 18.0 Å². The molecule has 0 saturated carbocycles. The van der Waals surface area contributed by atoms with Gasteiger partial charge in [-0.1, -0.05) is 116 Å². The summed E-state index contributed by atoms with van der Waals surface area (Å²) in [6.45, 7) is 18.7. The Hall–Kier alpha value is -5.09. The number of carbonyl (C=O) groups is 2. The van der Waals surface area contributed by atoms with E-state index in [2.05, 4.69) is 105 Å². The van der Waals surface area contributed by atoms with Crippen molar-refractivity contribution in [3.63, 3.8) is 0 Å². The van der Waals surface area contributed by atoms with Crippen molar-refractivity contribution in [1.29, 1.82) is 0 Å². The van der Waals surface area contributed by atoms with E-state index in [0.717, 1.165) is 46.5 Å². The minimum atomic E-state index is -0.896. The van der Waals surface area contributed by atoms with Crippen molar-refractivity contribution in [2.24, 2.45) is 4.99 Å². The number of para-hydroxylation sites is 1. The van der Waals surface area contributed by atoms with E-state index >= 15 is 0 Å². The summed E-state index contributed by atoms with van der Waals surface area (Å²) in [6, 6.07) is 20.1. The lowest BCUT2D eigenvalue weighted by molar-refractivity contribution is -0.140. The smallest absolute Gasteiger partial charge is 0.496 e.